The molecule has 3 nitrogen and oxygen atoms in total. The average molecular weight is 592 g/mol. The van der Waals surface area contributed by atoms with Gasteiger partial charge in [0.25, 0.3) is 0 Å². The molecule has 0 unspecified atom stereocenters. The van der Waals surface area contributed by atoms with Crippen LogP contribution in [0.1, 0.15) is 16.9 Å². The molecule has 0 fully saturated rings. The average Bonchev–Trinajstić information content (AvgIpc) is 3.76. The van der Waals surface area contributed by atoms with Gasteiger partial charge in [-0.2, -0.15) is 0 Å². The van der Waals surface area contributed by atoms with Crippen LogP contribution in [0.25, 0.3) is 83.2 Å². The molecule has 0 aliphatic heterocycles. The van der Waals surface area contributed by atoms with E-state index in [1.807, 2.05) is 24.3 Å². The van der Waals surface area contributed by atoms with Crippen molar-refractivity contribution in [3.63, 3.8) is 0 Å². The van der Waals surface area contributed by atoms with Gasteiger partial charge in [-0.25, -0.2) is 0 Å². The van der Waals surface area contributed by atoms with Crippen LogP contribution in [0, 0.1) is 6.92 Å². The lowest BCUT2D eigenvalue weighted by atomic mass is 10.00. The van der Waals surface area contributed by atoms with E-state index in [-0.39, 0.29) is 0 Å². The third-order valence-electron chi connectivity index (χ3n) is 9.16. The summed E-state index contributed by atoms with van der Waals surface area (Å²) in [6.45, 7) is 6.57. The Bertz CT molecular complexity index is 2650. The first kappa shape index (κ1) is 26.4. The van der Waals surface area contributed by atoms with Gasteiger partial charge in [0.2, 0.25) is 0 Å². The Morgan fingerprint density at radius 2 is 1.28 bits per heavy atom. The summed E-state index contributed by atoms with van der Waals surface area (Å²) in [6.07, 6.45) is 4.10. The van der Waals surface area contributed by atoms with Crippen molar-refractivity contribution in [2.75, 3.05) is 0 Å². The lowest BCUT2D eigenvalue weighted by molar-refractivity contribution is 0.601. The van der Waals surface area contributed by atoms with Crippen LogP contribution in [0.15, 0.2) is 155 Å². The SMILES string of the molecule is C=C(/C=C\c1oc2ccc3oc4ccc(-c5ccccc5)cc4c3c2c1C)c1ccc2c(c1)c1ccccc1n2-c1ccccc1. The number of aromatic nitrogens is 1. The lowest BCUT2D eigenvalue weighted by Crippen LogP contribution is -1.92. The molecule has 0 spiro atoms. The second-order valence-corrected chi connectivity index (χ2v) is 11.9. The zero-order chi connectivity index (χ0) is 30.8. The molecule has 0 radical (unpaired) electrons. The highest BCUT2D eigenvalue weighted by Gasteiger charge is 2.18. The smallest absolute Gasteiger partial charge is 0.136 e. The summed E-state index contributed by atoms with van der Waals surface area (Å²) < 4.78 is 15.1. The van der Waals surface area contributed by atoms with Crippen LogP contribution in [0.3, 0.4) is 0 Å². The van der Waals surface area contributed by atoms with Crippen LogP contribution in [0.5, 0.6) is 0 Å². The number of rotatable bonds is 5. The fraction of sp³-hybridized carbons (Fsp3) is 0.0233. The maximum absolute atomic E-state index is 6.43. The number of hydrogen-bond acceptors (Lipinski definition) is 2. The van der Waals surface area contributed by atoms with Gasteiger partial charge in [-0.15, -0.1) is 0 Å². The fourth-order valence-corrected chi connectivity index (χ4v) is 6.89. The fourth-order valence-electron chi connectivity index (χ4n) is 6.89. The summed E-state index contributed by atoms with van der Waals surface area (Å²) in [6, 6.07) is 46.6. The third kappa shape index (κ3) is 4.06. The van der Waals surface area contributed by atoms with Gasteiger partial charge in [-0.1, -0.05) is 91.5 Å². The van der Waals surface area contributed by atoms with E-state index in [2.05, 4.69) is 139 Å². The second-order valence-electron chi connectivity index (χ2n) is 11.9. The van der Waals surface area contributed by atoms with Crippen molar-refractivity contribution in [3.05, 3.63) is 163 Å². The molecule has 0 N–H and O–H groups in total. The monoisotopic (exact) mass is 591 g/mol. The molecule has 0 atom stereocenters. The Kier molecular flexibility index (Phi) is 5.87. The highest BCUT2D eigenvalue weighted by molar-refractivity contribution is 6.20. The van der Waals surface area contributed by atoms with Crippen molar-refractivity contribution in [2.24, 2.45) is 0 Å². The maximum atomic E-state index is 6.43. The highest BCUT2D eigenvalue weighted by atomic mass is 16.3. The molecular weight excluding hydrogens is 562 g/mol. The van der Waals surface area contributed by atoms with E-state index in [0.29, 0.717) is 0 Å². The van der Waals surface area contributed by atoms with Gasteiger partial charge in [0.15, 0.2) is 0 Å². The van der Waals surface area contributed by atoms with E-state index in [4.69, 9.17) is 8.83 Å². The first-order valence-electron chi connectivity index (χ1n) is 15.5. The van der Waals surface area contributed by atoms with Gasteiger partial charge in [0, 0.05) is 38.2 Å². The molecule has 9 rings (SSSR count). The summed E-state index contributed by atoms with van der Waals surface area (Å²) in [4.78, 5) is 0. The topological polar surface area (TPSA) is 31.2 Å². The number of para-hydroxylation sites is 2. The van der Waals surface area contributed by atoms with E-state index in [1.54, 1.807) is 0 Å². The minimum Gasteiger partial charge on any atom is -0.456 e. The molecule has 46 heavy (non-hydrogen) atoms. The number of benzene rings is 6. The first-order chi connectivity index (χ1) is 22.6. The number of hydrogen-bond donors (Lipinski definition) is 0. The summed E-state index contributed by atoms with van der Waals surface area (Å²) in [7, 11) is 0. The molecule has 3 aromatic heterocycles. The Balaban J connectivity index is 1.12. The van der Waals surface area contributed by atoms with Crippen LogP contribution >= 0.6 is 0 Å². The Morgan fingerprint density at radius 3 is 2.11 bits per heavy atom. The van der Waals surface area contributed by atoms with Gasteiger partial charge in [-0.05, 0) is 89.9 Å². The summed E-state index contributed by atoms with van der Waals surface area (Å²) in [5.41, 5.74) is 11.5. The minimum atomic E-state index is 0.818. The zero-order valence-electron chi connectivity index (χ0n) is 25.3. The normalized spacial score (nSPS) is 12.0. The Hall–Kier alpha value is -6.06. The molecule has 218 valence electrons. The molecule has 6 aromatic carbocycles. The van der Waals surface area contributed by atoms with Gasteiger partial charge < -0.3 is 13.4 Å². The van der Waals surface area contributed by atoms with Crippen LogP contribution in [0.4, 0.5) is 0 Å². The third-order valence-corrected chi connectivity index (χ3v) is 9.16. The molecular formula is C43H29NO2. The molecule has 9 aromatic rings. The van der Waals surface area contributed by atoms with E-state index in [9.17, 15) is 0 Å². The minimum absolute atomic E-state index is 0.818. The van der Waals surface area contributed by atoms with E-state index in [1.165, 1.54) is 27.4 Å². The van der Waals surface area contributed by atoms with E-state index in [0.717, 1.165) is 66.6 Å². The first-order valence-corrected chi connectivity index (χ1v) is 15.5. The van der Waals surface area contributed by atoms with Crippen LogP contribution in [-0.2, 0) is 0 Å². The summed E-state index contributed by atoms with van der Waals surface area (Å²) in [5.74, 6) is 0.818. The largest absolute Gasteiger partial charge is 0.456 e. The van der Waals surface area contributed by atoms with Gasteiger partial charge in [0.05, 0.1) is 11.0 Å². The molecule has 0 amide bonds. The standard InChI is InChI=1S/C43H29NO2/c1-27(30-18-20-37-34(25-30)33-15-9-10-16-36(33)44(37)32-13-7-4-8-14-32)17-21-38-28(2)42-40(45-38)23-24-41-43(42)35-26-31(19-22-39(35)46-41)29-11-5-3-6-12-29/h3-26H,1H2,2H3/b21-17-. The maximum Gasteiger partial charge on any atom is 0.136 e. The molecule has 0 aliphatic carbocycles. The van der Waals surface area contributed by atoms with Crippen molar-refractivity contribution in [2.45, 2.75) is 6.92 Å². The quantitative estimate of drug-likeness (QED) is 0.186. The predicted octanol–water partition coefficient (Wildman–Crippen LogP) is 12.1. The molecule has 3 heteroatoms. The number of nitrogens with zero attached hydrogens (tertiary/aromatic N) is 1. The van der Waals surface area contributed by atoms with Gasteiger partial charge in [0.1, 0.15) is 22.5 Å². The second kappa shape index (κ2) is 10.3. The van der Waals surface area contributed by atoms with E-state index < -0.39 is 0 Å². The Morgan fingerprint density at radius 1 is 0.587 bits per heavy atom. The Labute approximate surface area is 265 Å². The van der Waals surface area contributed by atoms with Crippen molar-refractivity contribution < 1.29 is 8.83 Å². The molecule has 0 saturated carbocycles. The van der Waals surface area contributed by atoms with E-state index >= 15 is 0 Å². The van der Waals surface area contributed by atoms with Crippen molar-refractivity contribution in [1.29, 1.82) is 0 Å². The summed E-state index contributed by atoms with van der Waals surface area (Å²) >= 11 is 0. The van der Waals surface area contributed by atoms with Crippen LogP contribution in [-0.4, -0.2) is 4.57 Å². The van der Waals surface area contributed by atoms with Gasteiger partial charge >= 0.3 is 0 Å². The number of furan rings is 2. The summed E-state index contributed by atoms with van der Waals surface area (Å²) in [5, 5.41) is 5.69. The van der Waals surface area contributed by atoms with Crippen molar-refractivity contribution >= 4 is 66.4 Å². The number of fused-ring (bicyclic) bond motifs is 8. The van der Waals surface area contributed by atoms with Crippen LogP contribution < -0.4 is 0 Å². The highest BCUT2D eigenvalue weighted by Crippen LogP contribution is 2.40. The molecule has 0 aliphatic rings. The molecule has 3 heterocycles. The number of allylic oxidation sites excluding steroid dienone is 2. The van der Waals surface area contributed by atoms with Gasteiger partial charge in [-0.3, -0.25) is 0 Å². The predicted molar refractivity (Wildman–Crippen MR) is 193 cm³/mol. The zero-order valence-corrected chi connectivity index (χ0v) is 25.3. The lowest BCUT2D eigenvalue weighted by Gasteiger charge is -2.08. The number of aryl methyl sites for hydroxylation is 1. The van der Waals surface area contributed by atoms with Crippen molar-refractivity contribution in [1.82, 2.24) is 4.57 Å². The molecule has 0 bridgehead atoms. The van der Waals surface area contributed by atoms with Crippen LogP contribution in [0.2, 0.25) is 0 Å². The molecule has 0 saturated heterocycles. The van der Waals surface area contributed by atoms with Crippen molar-refractivity contribution in [3.8, 4) is 16.8 Å².